The smallest absolute Gasteiger partial charge is 0.254 e. The zero-order chi connectivity index (χ0) is 20.6. The zero-order valence-electron chi connectivity index (χ0n) is 17.6. The number of ether oxygens (including phenoxy) is 1. The molecular formula is C23H31N3O2S. The highest BCUT2D eigenvalue weighted by atomic mass is 32.2. The second-order valence-corrected chi connectivity index (χ2v) is 8.54. The minimum Gasteiger partial charge on any atom is -0.495 e. The summed E-state index contributed by atoms with van der Waals surface area (Å²) in [7, 11) is 5.33. The molecule has 29 heavy (non-hydrogen) atoms. The van der Waals surface area contributed by atoms with Crippen LogP contribution in [0.25, 0.3) is 0 Å². The van der Waals surface area contributed by atoms with E-state index in [4.69, 9.17) is 4.74 Å². The fourth-order valence-electron chi connectivity index (χ4n) is 3.58. The lowest BCUT2D eigenvalue weighted by molar-refractivity contribution is 0.0824. The zero-order valence-corrected chi connectivity index (χ0v) is 18.5. The van der Waals surface area contributed by atoms with Crippen LogP contribution < -0.4 is 9.64 Å². The summed E-state index contributed by atoms with van der Waals surface area (Å²) in [6.45, 7) is 5.27. The van der Waals surface area contributed by atoms with E-state index < -0.39 is 0 Å². The Balaban J connectivity index is 1.44. The van der Waals surface area contributed by atoms with Crippen LogP contribution in [0.15, 0.2) is 53.4 Å². The predicted octanol–water partition coefficient (Wildman–Crippen LogP) is 3.70. The lowest BCUT2D eigenvalue weighted by Gasteiger charge is -2.36. The molecule has 0 unspecified atom stereocenters. The van der Waals surface area contributed by atoms with Gasteiger partial charge in [0.15, 0.2) is 0 Å². The topological polar surface area (TPSA) is 36.0 Å². The van der Waals surface area contributed by atoms with E-state index in [9.17, 15) is 4.79 Å². The van der Waals surface area contributed by atoms with E-state index in [-0.39, 0.29) is 5.91 Å². The highest BCUT2D eigenvalue weighted by molar-refractivity contribution is 7.99. The first-order valence-electron chi connectivity index (χ1n) is 10.1. The Morgan fingerprint density at radius 1 is 1.03 bits per heavy atom. The monoisotopic (exact) mass is 413 g/mol. The molecule has 1 heterocycles. The Morgan fingerprint density at radius 3 is 2.45 bits per heavy atom. The highest BCUT2D eigenvalue weighted by Crippen LogP contribution is 2.28. The molecule has 0 aliphatic carbocycles. The molecule has 0 aromatic heterocycles. The fraction of sp³-hybridized carbons (Fsp3) is 0.435. The van der Waals surface area contributed by atoms with Crippen LogP contribution in [0.2, 0.25) is 0 Å². The van der Waals surface area contributed by atoms with Gasteiger partial charge in [-0.1, -0.05) is 24.3 Å². The van der Waals surface area contributed by atoms with Crippen LogP contribution in [0.1, 0.15) is 16.8 Å². The number of thioether (sulfide) groups is 1. The Bertz CT molecular complexity index is 804. The molecule has 0 saturated carbocycles. The Hall–Kier alpha value is -2.18. The summed E-state index contributed by atoms with van der Waals surface area (Å²) in [5.41, 5.74) is 1.99. The van der Waals surface area contributed by atoms with E-state index in [1.54, 1.807) is 37.9 Å². The van der Waals surface area contributed by atoms with E-state index in [1.165, 1.54) is 5.69 Å². The van der Waals surface area contributed by atoms with Crippen LogP contribution in [0, 0.1) is 0 Å². The normalized spacial score (nSPS) is 14.7. The summed E-state index contributed by atoms with van der Waals surface area (Å²) in [5.74, 6) is 2.04. The number of rotatable bonds is 8. The molecule has 1 aliphatic rings. The van der Waals surface area contributed by atoms with E-state index >= 15 is 0 Å². The lowest BCUT2D eigenvalue weighted by Crippen LogP contribution is -2.46. The van der Waals surface area contributed by atoms with E-state index in [0.29, 0.717) is 0 Å². The molecule has 0 N–H and O–H groups in total. The van der Waals surface area contributed by atoms with Gasteiger partial charge in [0, 0.05) is 45.2 Å². The van der Waals surface area contributed by atoms with E-state index in [1.807, 2.05) is 36.4 Å². The number of piperazine rings is 1. The lowest BCUT2D eigenvalue weighted by atomic mass is 10.2. The van der Waals surface area contributed by atoms with Crippen molar-refractivity contribution in [2.75, 3.05) is 64.6 Å². The fourth-order valence-corrected chi connectivity index (χ4v) is 4.56. The molecule has 1 aliphatic heterocycles. The minimum absolute atomic E-state index is 0.0700. The third-order valence-corrected chi connectivity index (χ3v) is 6.36. The second-order valence-electron chi connectivity index (χ2n) is 7.40. The standard InChI is InChI=1S/C23H31N3O2S/c1-24(2)23(27)19-9-4-7-12-22(19)29-18-8-13-25-14-16-26(17-15-25)20-10-5-6-11-21(20)28-3/h4-7,9-12H,8,13-18H2,1-3H3. The SMILES string of the molecule is COc1ccccc1N1CCN(CCCSc2ccccc2C(=O)N(C)C)CC1. The van der Waals surface area contributed by atoms with Gasteiger partial charge in [-0.2, -0.15) is 0 Å². The number of para-hydroxylation sites is 2. The summed E-state index contributed by atoms with van der Waals surface area (Å²) in [4.78, 5) is 20.0. The largest absolute Gasteiger partial charge is 0.495 e. The molecule has 1 fully saturated rings. The van der Waals surface area contributed by atoms with Gasteiger partial charge >= 0.3 is 0 Å². The van der Waals surface area contributed by atoms with Gasteiger partial charge in [0.05, 0.1) is 18.4 Å². The molecule has 0 atom stereocenters. The van der Waals surface area contributed by atoms with Crippen molar-refractivity contribution in [2.24, 2.45) is 0 Å². The summed E-state index contributed by atoms with van der Waals surface area (Å²) in [6.07, 6.45) is 1.11. The van der Waals surface area contributed by atoms with Crippen molar-refractivity contribution in [3.05, 3.63) is 54.1 Å². The van der Waals surface area contributed by atoms with Gasteiger partial charge in [0.25, 0.3) is 5.91 Å². The van der Waals surface area contributed by atoms with Crippen molar-refractivity contribution >= 4 is 23.4 Å². The Labute approximate surface area is 178 Å². The number of hydrogen-bond donors (Lipinski definition) is 0. The molecule has 2 aromatic rings. The van der Waals surface area contributed by atoms with Crippen LogP contribution in [0.5, 0.6) is 5.75 Å². The average Bonchev–Trinajstić information content (AvgIpc) is 2.77. The molecule has 0 radical (unpaired) electrons. The van der Waals surface area contributed by atoms with Crippen LogP contribution in [-0.4, -0.2) is 75.4 Å². The predicted molar refractivity (Wildman–Crippen MR) is 121 cm³/mol. The van der Waals surface area contributed by atoms with Gasteiger partial charge < -0.3 is 14.5 Å². The summed E-state index contributed by atoms with van der Waals surface area (Å²) >= 11 is 1.78. The van der Waals surface area contributed by atoms with Crippen molar-refractivity contribution < 1.29 is 9.53 Å². The Morgan fingerprint density at radius 2 is 1.72 bits per heavy atom. The maximum Gasteiger partial charge on any atom is 0.254 e. The maximum atomic E-state index is 12.3. The van der Waals surface area contributed by atoms with Crippen LogP contribution >= 0.6 is 11.8 Å². The van der Waals surface area contributed by atoms with E-state index in [0.717, 1.165) is 61.1 Å². The first kappa shape index (κ1) is 21.5. The molecule has 156 valence electrons. The molecule has 1 amide bonds. The van der Waals surface area contributed by atoms with Gasteiger partial charge in [-0.05, 0) is 43.0 Å². The number of carbonyl (C=O) groups is 1. The van der Waals surface area contributed by atoms with Gasteiger partial charge in [0.1, 0.15) is 5.75 Å². The van der Waals surface area contributed by atoms with Gasteiger partial charge in [-0.25, -0.2) is 0 Å². The number of methoxy groups -OCH3 is 1. The summed E-state index contributed by atoms with van der Waals surface area (Å²) in [5, 5.41) is 0. The molecule has 5 nitrogen and oxygen atoms in total. The first-order chi connectivity index (χ1) is 14.1. The highest BCUT2D eigenvalue weighted by Gasteiger charge is 2.19. The van der Waals surface area contributed by atoms with Crippen LogP contribution in [0.3, 0.4) is 0 Å². The van der Waals surface area contributed by atoms with Gasteiger partial charge in [-0.15, -0.1) is 11.8 Å². The quantitative estimate of drug-likeness (QED) is 0.487. The van der Waals surface area contributed by atoms with Crippen LogP contribution in [-0.2, 0) is 0 Å². The number of carbonyl (C=O) groups excluding carboxylic acids is 1. The first-order valence-corrected chi connectivity index (χ1v) is 11.1. The van der Waals surface area contributed by atoms with Gasteiger partial charge in [0.2, 0.25) is 0 Å². The number of nitrogens with zero attached hydrogens (tertiary/aromatic N) is 3. The summed E-state index contributed by atoms with van der Waals surface area (Å²) < 4.78 is 5.50. The third-order valence-electron chi connectivity index (χ3n) is 5.20. The third kappa shape index (κ3) is 5.67. The van der Waals surface area contributed by atoms with Crippen molar-refractivity contribution in [1.82, 2.24) is 9.80 Å². The van der Waals surface area contributed by atoms with Crippen molar-refractivity contribution in [3.8, 4) is 5.75 Å². The second kappa shape index (κ2) is 10.6. The maximum absolute atomic E-state index is 12.3. The molecule has 1 saturated heterocycles. The molecule has 3 rings (SSSR count). The molecular weight excluding hydrogens is 382 g/mol. The van der Waals surface area contributed by atoms with Gasteiger partial charge in [-0.3, -0.25) is 9.69 Å². The molecule has 0 spiro atoms. The summed E-state index contributed by atoms with van der Waals surface area (Å²) in [6, 6.07) is 16.2. The number of benzene rings is 2. The van der Waals surface area contributed by atoms with Crippen molar-refractivity contribution in [2.45, 2.75) is 11.3 Å². The van der Waals surface area contributed by atoms with E-state index in [2.05, 4.69) is 21.9 Å². The minimum atomic E-state index is 0.0700. The molecule has 6 heteroatoms. The number of anilines is 1. The molecule has 0 bridgehead atoms. The number of hydrogen-bond acceptors (Lipinski definition) is 5. The Kier molecular flexibility index (Phi) is 7.83. The number of amides is 1. The molecule has 2 aromatic carbocycles. The average molecular weight is 414 g/mol. The van der Waals surface area contributed by atoms with Crippen molar-refractivity contribution in [3.63, 3.8) is 0 Å². The van der Waals surface area contributed by atoms with Crippen LogP contribution in [0.4, 0.5) is 5.69 Å². The van der Waals surface area contributed by atoms with Crippen molar-refractivity contribution in [1.29, 1.82) is 0 Å².